The van der Waals surface area contributed by atoms with Gasteiger partial charge in [0.1, 0.15) is 0 Å². The standard InChI is InChI=1S/C33H28N4/c1-21-25(26-8-3-4-9-27(26)30-16-15-24(20-35)22(2)36-30)11-7-13-31(21)37-32-12-6-5-10-28(32)29-18-23(19-34)14-17-33(29)37/h3-15,17-18,21-22,30-31,36H,16H2,1-2H3/t21-,22?,30?,31?/m0/s1. The number of aromatic nitrogens is 1. The van der Waals surface area contributed by atoms with E-state index in [2.05, 4.69) is 115 Å². The first kappa shape index (κ1) is 23.0. The number of fused-ring (bicyclic) bond motifs is 3. The molecular formula is C33H28N4. The molecule has 4 atom stereocenters. The third-order valence-electron chi connectivity index (χ3n) is 7.99. The van der Waals surface area contributed by atoms with Crippen molar-refractivity contribution < 1.29 is 0 Å². The summed E-state index contributed by atoms with van der Waals surface area (Å²) in [5.74, 6) is 0.229. The minimum atomic E-state index is 0.0399. The molecule has 4 heteroatoms. The fourth-order valence-electron chi connectivity index (χ4n) is 6.12. The largest absolute Gasteiger partial charge is 0.333 e. The molecule has 0 amide bonds. The first-order chi connectivity index (χ1) is 18.1. The van der Waals surface area contributed by atoms with Crippen LogP contribution in [0.2, 0.25) is 0 Å². The second-order valence-electron chi connectivity index (χ2n) is 10.1. The molecule has 37 heavy (non-hydrogen) atoms. The van der Waals surface area contributed by atoms with Crippen molar-refractivity contribution >= 4 is 27.4 Å². The maximum Gasteiger partial charge on any atom is 0.0991 e. The van der Waals surface area contributed by atoms with Crippen molar-refractivity contribution in [2.24, 2.45) is 5.92 Å². The predicted octanol–water partition coefficient (Wildman–Crippen LogP) is 7.37. The summed E-state index contributed by atoms with van der Waals surface area (Å²) in [7, 11) is 0. The Bertz CT molecular complexity index is 1700. The first-order valence-corrected chi connectivity index (χ1v) is 12.9. The van der Waals surface area contributed by atoms with Crippen LogP contribution in [0.4, 0.5) is 0 Å². The molecule has 1 N–H and O–H groups in total. The Hall–Kier alpha value is -4.38. The average molecular weight is 481 g/mol. The highest BCUT2D eigenvalue weighted by Crippen LogP contribution is 2.43. The van der Waals surface area contributed by atoms with Crippen LogP contribution in [0.1, 0.15) is 49.0 Å². The number of nitriles is 2. The van der Waals surface area contributed by atoms with Crippen LogP contribution >= 0.6 is 0 Å². The molecule has 1 aliphatic carbocycles. The lowest BCUT2D eigenvalue weighted by atomic mass is 9.80. The Morgan fingerprint density at radius 3 is 2.49 bits per heavy atom. The zero-order chi connectivity index (χ0) is 25.5. The Kier molecular flexibility index (Phi) is 5.76. The van der Waals surface area contributed by atoms with Gasteiger partial charge < -0.3 is 9.88 Å². The molecule has 2 aliphatic rings. The van der Waals surface area contributed by atoms with Gasteiger partial charge in [0.25, 0.3) is 0 Å². The number of rotatable bonds is 3. The Labute approximate surface area is 217 Å². The Morgan fingerprint density at radius 1 is 0.892 bits per heavy atom. The molecule has 1 aromatic heterocycles. The minimum absolute atomic E-state index is 0.0399. The maximum absolute atomic E-state index is 9.51. The minimum Gasteiger partial charge on any atom is -0.333 e. The molecular weight excluding hydrogens is 452 g/mol. The molecule has 2 heterocycles. The highest BCUT2D eigenvalue weighted by Gasteiger charge is 2.30. The summed E-state index contributed by atoms with van der Waals surface area (Å²) in [6, 6.07) is 28.1. The van der Waals surface area contributed by atoms with Gasteiger partial charge in [0.05, 0.1) is 23.7 Å². The van der Waals surface area contributed by atoms with E-state index in [-0.39, 0.29) is 24.0 Å². The molecule has 0 fully saturated rings. The summed E-state index contributed by atoms with van der Waals surface area (Å²) in [4.78, 5) is 0. The van der Waals surface area contributed by atoms with Gasteiger partial charge in [-0.2, -0.15) is 10.5 Å². The topological polar surface area (TPSA) is 64.5 Å². The average Bonchev–Trinajstić information content (AvgIpc) is 3.26. The van der Waals surface area contributed by atoms with Crippen LogP contribution in [0.25, 0.3) is 27.4 Å². The number of hydrogen-bond acceptors (Lipinski definition) is 3. The second kappa shape index (κ2) is 9.25. The summed E-state index contributed by atoms with van der Waals surface area (Å²) in [5.41, 5.74) is 7.67. The molecule has 0 spiro atoms. The fourth-order valence-corrected chi connectivity index (χ4v) is 6.12. The number of allylic oxidation sites excluding steroid dienone is 4. The van der Waals surface area contributed by atoms with E-state index in [4.69, 9.17) is 0 Å². The molecule has 4 nitrogen and oxygen atoms in total. The van der Waals surface area contributed by atoms with E-state index in [9.17, 15) is 10.5 Å². The number of nitrogens with one attached hydrogen (secondary N) is 1. The number of nitrogens with zero attached hydrogens (tertiary/aromatic N) is 3. The van der Waals surface area contributed by atoms with E-state index in [0.717, 1.165) is 22.9 Å². The van der Waals surface area contributed by atoms with Crippen LogP contribution in [-0.4, -0.2) is 10.6 Å². The molecule has 3 aromatic carbocycles. The summed E-state index contributed by atoms with van der Waals surface area (Å²) in [6.45, 7) is 4.37. The van der Waals surface area contributed by atoms with Gasteiger partial charge in [-0.25, -0.2) is 0 Å². The lowest BCUT2D eigenvalue weighted by Crippen LogP contribution is -2.35. The van der Waals surface area contributed by atoms with E-state index in [1.807, 2.05) is 12.1 Å². The lowest BCUT2D eigenvalue weighted by Gasteiger charge is -2.33. The zero-order valence-electron chi connectivity index (χ0n) is 21.0. The SMILES string of the molecule is CC1NC(c2ccccc2C2=CC=CC(n3c4ccccc4c4cc(C#N)ccc43)[C@H]2C)CC=C1C#N. The van der Waals surface area contributed by atoms with Gasteiger partial charge >= 0.3 is 0 Å². The molecule has 180 valence electrons. The lowest BCUT2D eigenvalue weighted by molar-refractivity contribution is 0.472. The first-order valence-electron chi connectivity index (χ1n) is 12.9. The van der Waals surface area contributed by atoms with E-state index < -0.39 is 0 Å². The van der Waals surface area contributed by atoms with E-state index in [0.29, 0.717) is 5.56 Å². The molecule has 4 aromatic rings. The fraction of sp³-hybridized carbons (Fsp3) is 0.212. The van der Waals surface area contributed by atoms with Gasteiger partial charge in [0.2, 0.25) is 0 Å². The summed E-state index contributed by atoms with van der Waals surface area (Å²) >= 11 is 0. The van der Waals surface area contributed by atoms with Crippen molar-refractivity contribution in [2.75, 3.05) is 0 Å². The van der Waals surface area contributed by atoms with E-state index >= 15 is 0 Å². The number of benzene rings is 3. The van der Waals surface area contributed by atoms with Crippen LogP contribution in [0.3, 0.4) is 0 Å². The van der Waals surface area contributed by atoms with Crippen LogP contribution in [-0.2, 0) is 0 Å². The van der Waals surface area contributed by atoms with Crippen molar-refractivity contribution in [1.82, 2.24) is 9.88 Å². The molecule has 0 radical (unpaired) electrons. The third kappa shape index (κ3) is 3.78. The van der Waals surface area contributed by atoms with Crippen LogP contribution < -0.4 is 5.32 Å². The monoisotopic (exact) mass is 480 g/mol. The summed E-state index contributed by atoms with van der Waals surface area (Å²) in [6.07, 6.45) is 9.62. The van der Waals surface area contributed by atoms with Gasteiger partial charge in [0, 0.05) is 45.4 Å². The molecule has 3 unspecified atom stereocenters. The molecule has 1 aliphatic heterocycles. The van der Waals surface area contributed by atoms with Gasteiger partial charge in [-0.3, -0.25) is 0 Å². The molecule has 0 saturated heterocycles. The zero-order valence-corrected chi connectivity index (χ0v) is 21.0. The highest BCUT2D eigenvalue weighted by molar-refractivity contribution is 6.08. The number of para-hydroxylation sites is 1. The third-order valence-corrected chi connectivity index (χ3v) is 7.99. The van der Waals surface area contributed by atoms with Crippen molar-refractivity contribution in [1.29, 1.82) is 10.5 Å². The van der Waals surface area contributed by atoms with Gasteiger partial charge in [-0.15, -0.1) is 0 Å². The van der Waals surface area contributed by atoms with Crippen molar-refractivity contribution in [3.8, 4) is 12.1 Å². The smallest absolute Gasteiger partial charge is 0.0991 e. The van der Waals surface area contributed by atoms with Crippen LogP contribution in [0.5, 0.6) is 0 Å². The van der Waals surface area contributed by atoms with Crippen molar-refractivity contribution in [3.63, 3.8) is 0 Å². The van der Waals surface area contributed by atoms with Gasteiger partial charge in [0.15, 0.2) is 0 Å². The normalized spacial score (nSPS) is 23.4. The second-order valence-corrected chi connectivity index (χ2v) is 10.1. The molecule has 0 saturated carbocycles. The van der Waals surface area contributed by atoms with Crippen LogP contribution in [0, 0.1) is 28.6 Å². The molecule has 0 bridgehead atoms. The van der Waals surface area contributed by atoms with E-state index in [1.165, 1.54) is 27.6 Å². The highest BCUT2D eigenvalue weighted by atomic mass is 15.0. The van der Waals surface area contributed by atoms with Gasteiger partial charge in [-0.1, -0.05) is 73.7 Å². The summed E-state index contributed by atoms with van der Waals surface area (Å²) in [5, 5.41) is 24.9. The quantitative estimate of drug-likeness (QED) is 0.333. The maximum atomic E-state index is 9.51. The summed E-state index contributed by atoms with van der Waals surface area (Å²) < 4.78 is 2.44. The predicted molar refractivity (Wildman–Crippen MR) is 150 cm³/mol. The molecule has 6 rings (SSSR count). The van der Waals surface area contributed by atoms with Crippen molar-refractivity contribution in [3.05, 3.63) is 113 Å². The Balaban J connectivity index is 1.44. The number of hydrogen-bond donors (Lipinski definition) is 1. The Morgan fingerprint density at radius 2 is 1.68 bits per heavy atom. The van der Waals surface area contributed by atoms with Crippen LogP contribution in [0.15, 0.2) is 96.6 Å². The van der Waals surface area contributed by atoms with Gasteiger partial charge in [-0.05, 0) is 54.3 Å². The van der Waals surface area contributed by atoms with Crippen molar-refractivity contribution in [2.45, 2.75) is 38.4 Å². The van der Waals surface area contributed by atoms with E-state index in [1.54, 1.807) is 0 Å².